The van der Waals surface area contributed by atoms with Gasteiger partial charge in [0.2, 0.25) is 0 Å². The monoisotopic (exact) mass is 466 g/mol. The van der Waals surface area contributed by atoms with E-state index in [4.69, 9.17) is 35.0 Å². The van der Waals surface area contributed by atoms with Crippen LogP contribution in [0.2, 0.25) is 5.02 Å². The van der Waals surface area contributed by atoms with Crippen LogP contribution in [0.15, 0.2) is 69.9 Å². The highest BCUT2D eigenvalue weighted by Crippen LogP contribution is 2.32. The third-order valence-electron chi connectivity index (χ3n) is 5.22. The topological polar surface area (TPSA) is 67.1 Å². The van der Waals surface area contributed by atoms with Gasteiger partial charge in [0.1, 0.15) is 34.8 Å². The number of rotatable bonds is 8. The van der Waals surface area contributed by atoms with Crippen molar-refractivity contribution in [1.82, 2.24) is 0 Å². The predicted molar refractivity (Wildman–Crippen MR) is 127 cm³/mol. The smallest absolute Gasteiger partial charge is 0.196 e. The van der Waals surface area contributed by atoms with Gasteiger partial charge in [0.25, 0.3) is 0 Å². The van der Waals surface area contributed by atoms with Crippen LogP contribution in [0.1, 0.15) is 16.9 Å². The Balaban J connectivity index is 1.60. The SMILES string of the molecule is COc1cc(OC)c2c(=O)cc(Cc3ccc(OCc4ccccc4Cl)c(OC)c3)oc2c1. The fourth-order valence-electron chi connectivity index (χ4n) is 3.56. The van der Waals surface area contributed by atoms with Crippen molar-refractivity contribution in [1.29, 1.82) is 0 Å². The average Bonchev–Trinajstić information content (AvgIpc) is 2.83. The van der Waals surface area contributed by atoms with Gasteiger partial charge in [0.05, 0.1) is 21.3 Å². The average molecular weight is 467 g/mol. The van der Waals surface area contributed by atoms with Gasteiger partial charge in [0, 0.05) is 35.2 Å². The minimum absolute atomic E-state index is 0.183. The van der Waals surface area contributed by atoms with Crippen molar-refractivity contribution in [3.63, 3.8) is 0 Å². The summed E-state index contributed by atoms with van der Waals surface area (Å²) in [5, 5.41) is 1.02. The maximum Gasteiger partial charge on any atom is 0.196 e. The van der Waals surface area contributed by atoms with Gasteiger partial charge < -0.3 is 23.4 Å². The maximum absolute atomic E-state index is 12.8. The summed E-state index contributed by atoms with van der Waals surface area (Å²) in [6.45, 7) is 0.318. The molecule has 3 aromatic carbocycles. The Kier molecular flexibility index (Phi) is 6.75. The standard InChI is InChI=1S/C26H23ClO6/c1-29-18-13-24(31-3)26-21(28)12-19(33-25(26)14-18)10-16-8-9-22(23(11-16)30-2)32-15-17-6-4-5-7-20(17)27/h4-9,11-14H,10,15H2,1-3H3. The fraction of sp³-hybridized carbons (Fsp3) is 0.192. The Morgan fingerprint density at radius 3 is 2.36 bits per heavy atom. The number of fused-ring (bicyclic) bond motifs is 1. The lowest BCUT2D eigenvalue weighted by Crippen LogP contribution is -2.05. The molecule has 1 heterocycles. The van der Waals surface area contributed by atoms with E-state index in [1.165, 1.54) is 13.2 Å². The van der Waals surface area contributed by atoms with Crippen LogP contribution in [0.4, 0.5) is 0 Å². The molecule has 0 fully saturated rings. The summed E-state index contributed by atoms with van der Waals surface area (Å²) in [5.41, 5.74) is 2.00. The summed E-state index contributed by atoms with van der Waals surface area (Å²) in [4.78, 5) is 12.8. The van der Waals surface area contributed by atoms with E-state index >= 15 is 0 Å². The van der Waals surface area contributed by atoms with Crippen molar-refractivity contribution in [3.05, 3.63) is 92.8 Å². The first-order valence-electron chi connectivity index (χ1n) is 10.2. The lowest BCUT2D eigenvalue weighted by molar-refractivity contribution is 0.284. The largest absolute Gasteiger partial charge is 0.496 e. The number of methoxy groups -OCH3 is 3. The van der Waals surface area contributed by atoms with Crippen LogP contribution in [0.3, 0.4) is 0 Å². The summed E-state index contributed by atoms with van der Waals surface area (Å²) in [6.07, 6.45) is 0.395. The van der Waals surface area contributed by atoms with Crippen molar-refractivity contribution < 1.29 is 23.4 Å². The third kappa shape index (κ3) is 4.91. The molecule has 0 radical (unpaired) electrons. The fourth-order valence-corrected chi connectivity index (χ4v) is 3.75. The van der Waals surface area contributed by atoms with Gasteiger partial charge in [-0.15, -0.1) is 0 Å². The van der Waals surface area contributed by atoms with E-state index in [0.29, 0.717) is 57.8 Å². The normalized spacial score (nSPS) is 10.8. The molecular weight excluding hydrogens is 444 g/mol. The number of benzene rings is 3. The van der Waals surface area contributed by atoms with Crippen LogP contribution in [-0.4, -0.2) is 21.3 Å². The van der Waals surface area contributed by atoms with E-state index in [9.17, 15) is 4.79 Å². The summed E-state index contributed by atoms with van der Waals surface area (Å²) in [6, 6.07) is 17.9. The Bertz CT molecular complexity index is 1340. The molecule has 0 aliphatic carbocycles. The van der Waals surface area contributed by atoms with Crippen LogP contribution >= 0.6 is 11.6 Å². The minimum Gasteiger partial charge on any atom is -0.496 e. The van der Waals surface area contributed by atoms with Crippen LogP contribution in [0, 0.1) is 0 Å². The van der Waals surface area contributed by atoms with Crippen molar-refractivity contribution in [2.24, 2.45) is 0 Å². The number of ether oxygens (including phenoxy) is 4. The zero-order chi connectivity index (χ0) is 23.4. The summed E-state index contributed by atoms with van der Waals surface area (Å²) < 4.78 is 28.1. The Morgan fingerprint density at radius 1 is 0.848 bits per heavy atom. The quantitative estimate of drug-likeness (QED) is 0.334. The first kappa shape index (κ1) is 22.6. The zero-order valence-electron chi connectivity index (χ0n) is 18.5. The van der Waals surface area contributed by atoms with Crippen molar-refractivity contribution in [2.75, 3.05) is 21.3 Å². The summed E-state index contributed by atoms with van der Waals surface area (Å²) in [5.74, 6) is 2.63. The molecule has 0 saturated carbocycles. The highest BCUT2D eigenvalue weighted by molar-refractivity contribution is 6.31. The molecule has 0 aliphatic rings. The van der Waals surface area contributed by atoms with E-state index in [1.807, 2.05) is 42.5 Å². The zero-order valence-corrected chi connectivity index (χ0v) is 19.3. The first-order valence-corrected chi connectivity index (χ1v) is 10.6. The highest BCUT2D eigenvalue weighted by atomic mass is 35.5. The second-order valence-electron chi connectivity index (χ2n) is 7.32. The molecule has 0 spiro atoms. The van der Waals surface area contributed by atoms with Gasteiger partial charge in [-0.25, -0.2) is 0 Å². The van der Waals surface area contributed by atoms with Gasteiger partial charge in [-0.3, -0.25) is 4.79 Å². The van der Waals surface area contributed by atoms with E-state index in [2.05, 4.69) is 0 Å². The molecular formula is C26H23ClO6. The molecule has 0 atom stereocenters. The molecule has 4 rings (SSSR count). The van der Waals surface area contributed by atoms with Gasteiger partial charge >= 0.3 is 0 Å². The summed E-state index contributed by atoms with van der Waals surface area (Å²) >= 11 is 6.21. The maximum atomic E-state index is 12.8. The Hall–Kier alpha value is -3.64. The van der Waals surface area contributed by atoms with E-state index in [0.717, 1.165) is 11.1 Å². The number of hydrogen-bond acceptors (Lipinski definition) is 6. The highest BCUT2D eigenvalue weighted by Gasteiger charge is 2.14. The van der Waals surface area contributed by atoms with Crippen LogP contribution in [0.5, 0.6) is 23.0 Å². The lowest BCUT2D eigenvalue weighted by atomic mass is 10.1. The van der Waals surface area contributed by atoms with Crippen LogP contribution < -0.4 is 24.4 Å². The molecule has 33 heavy (non-hydrogen) atoms. The van der Waals surface area contributed by atoms with Gasteiger partial charge in [-0.1, -0.05) is 35.9 Å². The van der Waals surface area contributed by atoms with Gasteiger partial charge in [0.15, 0.2) is 16.9 Å². The molecule has 6 nitrogen and oxygen atoms in total. The second-order valence-corrected chi connectivity index (χ2v) is 7.73. The lowest BCUT2D eigenvalue weighted by Gasteiger charge is -2.13. The minimum atomic E-state index is -0.183. The molecule has 0 aliphatic heterocycles. The molecule has 4 aromatic rings. The van der Waals surface area contributed by atoms with E-state index < -0.39 is 0 Å². The predicted octanol–water partition coefficient (Wildman–Crippen LogP) is 5.64. The van der Waals surface area contributed by atoms with Crippen molar-refractivity contribution in [2.45, 2.75) is 13.0 Å². The first-order chi connectivity index (χ1) is 16.0. The third-order valence-corrected chi connectivity index (χ3v) is 5.59. The second kappa shape index (κ2) is 9.88. The molecule has 0 unspecified atom stereocenters. The summed E-state index contributed by atoms with van der Waals surface area (Å²) in [7, 11) is 4.63. The Morgan fingerprint density at radius 2 is 1.64 bits per heavy atom. The van der Waals surface area contributed by atoms with Crippen LogP contribution in [0.25, 0.3) is 11.0 Å². The molecule has 0 N–H and O–H groups in total. The molecule has 0 bridgehead atoms. The van der Waals surface area contributed by atoms with Gasteiger partial charge in [-0.2, -0.15) is 0 Å². The van der Waals surface area contributed by atoms with Crippen LogP contribution in [-0.2, 0) is 13.0 Å². The molecule has 0 saturated heterocycles. The van der Waals surface area contributed by atoms with Gasteiger partial charge in [-0.05, 0) is 23.8 Å². The van der Waals surface area contributed by atoms with E-state index in [-0.39, 0.29) is 5.43 Å². The molecule has 170 valence electrons. The molecule has 0 amide bonds. The van der Waals surface area contributed by atoms with Crippen molar-refractivity contribution in [3.8, 4) is 23.0 Å². The van der Waals surface area contributed by atoms with E-state index in [1.54, 1.807) is 26.4 Å². The number of halogens is 1. The molecule has 1 aromatic heterocycles. The van der Waals surface area contributed by atoms with Crippen molar-refractivity contribution >= 4 is 22.6 Å². The molecule has 7 heteroatoms. The Labute approximate surface area is 196 Å². The number of hydrogen-bond donors (Lipinski definition) is 0.